The quantitative estimate of drug-likeness (QED) is 0.414. The first-order valence-corrected chi connectivity index (χ1v) is 2.31. The summed E-state index contributed by atoms with van der Waals surface area (Å²) in [6.45, 7) is 1.86. The van der Waals surface area contributed by atoms with Crippen LogP contribution in [0, 0.1) is 0 Å². The summed E-state index contributed by atoms with van der Waals surface area (Å²) in [7, 11) is 1.64. The topological polar surface area (TPSA) is 32.1 Å². The highest BCUT2D eigenvalue weighted by Crippen LogP contribution is 2.00. The number of nitrogens with zero attached hydrogens (tertiary/aromatic N) is 1. The van der Waals surface area contributed by atoms with Gasteiger partial charge in [0.05, 0.1) is 0 Å². The Hall–Kier alpha value is -0.730. The number of amides is 2. The van der Waals surface area contributed by atoms with Crippen molar-refractivity contribution < 1.29 is 4.79 Å². The molecule has 7 heavy (non-hydrogen) atoms. The van der Waals surface area contributed by atoms with Crippen molar-refractivity contribution in [2.24, 2.45) is 0 Å². The Bertz CT molecular complexity index is 87.7. The lowest BCUT2D eigenvalue weighted by Gasteiger charge is -1.94. The maximum atomic E-state index is 10.4. The molecule has 2 amide bonds. The Kier molecular flexibility index (Phi) is 0.889. The zero-order chi connectivity index (χ0) is 5.28. The third kappa shape index (κ3) is 0.824. The monoisotopic (exact) mass is 100 g/mol. The van der Waals surface area contributed by atoms with Crippen LogP contribution < -0.4 is 5.32 Å². The highest BCUT2D eigenvalue weighted by atomic mass is 16.2. The Morgan fingerprint density at radius 3 is 2.43 bits per heavy atom. The Morgan fingerprint density at radius 2 is 2.29 bits per heavy atom. The van der Waals surface area contributed by atoms with Crippen LogP contribution in [0.4, 0.5) is 4.79 Å². The van der Waals surface area contributed by atoms with Gasteiger partial charge < -0.3 is 10.2 Å². The van der Waals surface area contributed by atoms with Gasteiger partial charge in [-0.1, -0.05) is 0 Å². The molecule has 0 radical (unpaired) electrons. The maximum absolute atomic E-state index is 10.4. The summed E-state index contributed by atoms with van der Waals surface area (Å²) in [5.41, 5.74) is 0. The summed E-state index contributed by atoms with van der Waals surface area (Å²) < 4.78 is 0. The van der Waals surface area contributed by atoms with Crippen molar-refractivity contribution in [2.45, 2.75) is 0 Å². The van der Waals surface area contributed by atoms with Gasteiger partial charge in [0.25, 0.3) is 0 Å². The van der Waals surface area contributed by atoms with Crippen LogP contribution in [0.15, 0.2) is 0 Å². The molecule has 0 atom stereocenters. The fourth-order valence-corrected chi connectivity index (χ4v) is 0.411. The average Bonchev–Trinajstić information content (AvgIpc) is 2.44. The Labute approximate surface area is 42.3 Å². The molecule has 0 aromatic rings. The van der Waals surface area contributed by atoms with Crippen molar-refractivity contribution in [2.75, 3.05) is 20.1 Å². The first kappa shape index (κ1) is 4.43. The van der Waals surface area contributed by atoms with Crippen molar-refractivity contribution in [1.82, 2.24) is 10.2 Å². The van der Waals surface area contributed by atoms with Gasteiger partial charge in [-0.3, -0.25) is 0 Å². The molecule has 1 saturated heterocycles. The van der Waals surface area contributed by atoms with E-state index in [0.29, 0.717) is 0 Å². The van der Waals surface area contributed by atoms with Crippen LogP contribution in [0.1, 0.15) is 0 Å². The summed E-state index contributed by atoms with van der Waals surface area (Å²) in [5.74, 6) is 0. The smallest absolute Gasteiger partial charge is 0.317 e. The van der Waals surface area contributed by atoms with Gasteiger partial charge in [0.2, 0.25) is 0 Å². The van der Waals surface area contributed by atoms with Gasteiger partial charge in [0.15, 0.2) is 0 Å². The summed E-state index contributed by atoms with van der Waals surface area (Å²) in [5, 5.41) is 2.51. The third-order valence-electron chi connectivity index (χ3n) is 0.948. The van der Waals surface area contributed by atoms with Crippen LogP contribution >= 0.6 is 0 Å². The van der Waals surface area contributed by atoms with Gasteiger partial charge in [0.1, 0.15) is 0 Å². The van der Waals surface area contributed by atoms with Crippen molar-refractivity contribution >= 4 is 6.03 Å². The second-order valence-electron chi connectivity index (χ2n) is 1.54. The molecule has 0 bridgehead atoms. The molecule has 40 valence electrons. The van der Waals surface area contributed by atoms with Crippen molar-refractivity contribution in [3.05, 3.63) is 0 Å². The minimum atomic E-state index is 0.0417. The first-order chi connectivity index (χ1) is 3.34. The minimum absolute atomic E-state index is 0.0417. The standard InChI is InChI=1S/C4H8N2O/c1-5-4(7)6-2-3-6/h2-3H2,1H3,(H,5,7). The lowest BCUT2D eigenvalue weighted by molar-refractivity contribution is 0.232. The molecule has 1 rings (SSSR count). The van der Waals surface area contributed by atoms with E-state index in [0.717, 1.165) is 13.1 Å². The molecule has 0 aliphatic carbocycles. The maximum Gasteiger partial charge on any atom is 0.317 e. The molecule has 3 nitrogen and oxygen atoms in total. The van der Waals surface area contributed by atoms with E-state index in [4.69, 9.17) is 0 Å². The molecule has 3 heteroatoms. The highest BCUT2D eigenvalue weighted by molar-refractivity contribution is 5.75. The number of carbonyl (C=O) groups excluding carboxylic acids is 1. The Morgan fingerprint density at radius 1 is 1.71 bits per heavy atom. The van der Waals surface area contributed by atoms with E-state index in [1.807, 2.05) is 0 Å². The summed E-state index contributed by atoms with van der Waals surface area (Å²) in [6, 6.07) is 0.0417. The van der Waals surface area contributed by atoms with Crippen molar-refractivity contribution in [1.29, 1.82) is 0 Å². The largest absolute Gasteiger partial charge is 0.341 e. The van der Waals surface area contributed by atoms with E-state index >= 15 is 0 Å². The highest BCUT2D eigenvalue weighted by Gasteiger charge is 2.21. The molecule has 0 aromatic heterocycles. The van der Waals surface area contributed by atoms with Crippen molar-refractivity contribution in [3.63, 3.8) is 0 Å². The zero-order valence-electron chi connectivity index (χ0n) is 4.27. The van der Waals surface area contributed by atoms with Gasteiger partial charge in [-0.25, -0.2) is 4.79 Å². The van der Waals surface area contributed by atoms with Crippen LogP contribution in [0.5, 0.6) is 0 Å². The summed E-state index contributed by atoms with van der Waals surface area (Å²) >= 11 is 0. The van der Waals surface area contributed by atoms with Gasteiger partial charge >= 0.3 is 6.03 Å². The fourth-order valence-electron chi connectivity index (χ4n) is 0.411. The molecule has 0 aromatic carbocycles. The fraction of sp³-hybridized carbons (Fsp3) is 0.750. The van der Waals surface area contributed by atoms with Crippen LogP contribution in [0.25, 0.3) is 0 Å². The number of nitrogens with one attached hydrogen (secondary N) is 1. The van der Waals surface area contributed by atoms with Crippen LogP contribution in [0.3, 0.4) is 0 Å². The van der Waals surface area contributed by atoms with Gasteiger partial charge in [-0.05, 0) is 0 Å². The molecule has 0 spiro atoms. The normalized spacial score (nSPS) is 16.4. The molecule has 1 N–H and O–H groups in total. The average molecular weight is 100 g/mol. The third-order valence-corrected chi connectivity index (χ3v) is 0.948. The molecular formula is C4H8N2O. The SMILES string of the molecule is CNC(=O)N1CC1. The predicted octanol–water partition coefficient (Wildman–Crippen LogP) is -0.359. The minimum Gasteiger partial charge on any atom is -0.341 e. The van der Waals surface area contributed by atoms with Gasteiger partial charge in [-0.15, -0.1) is 0 Å². The Balaban J connectivity index is 2.24. The molecule has 1 heterocycles. The molecule has 0 saturated carbocycles. The number of urea groups is 1. The van der Waals surface area contributed by atoms with E-state index in [-0.39, 0.29) is 6.03 Å². The predicted molar refractivity (Wildman–Crippen MR) is 26.0 cm³/mol. The van der Waals surface area contributed by atoms with Crippen LogP contribution in [-0.2, 0) is 0 Å². The molecule has 1 aliphatic heterocycles. The zero-order valence-corrected chi connectivity index (χ0v) is 4.27. The number of hydrogen-bond acceptors (Lipinski definition) is 1. The van der Waals surface area contributed by atoms with E-state index in [2.05, 4.69) is 5.32 Å². The number of rotatable bonds is 0. The summed E-state index contributed by atoms with van der Waals surface area (Å²) in [6.07, 6.45) is 0. The van der Waals surface area contributed by atoms with E-state index < -0.39 is 0 Å². The molecule has 1 fully saturated rings. The summed E-state index contributed by atoms with van der Waals surface area (Å²) in [4.78, 5) is 12.1. The molecule has 0 unspecified atom stereocenters. The van der Waals surface area contributed by atoms with Crippen LogP contribution in [0.2, 0.25) is 0 Å². The van der Waals surface area contributed by atoms with E-state index in [1.54, 1.807) is 11.9 Å². The van der Waals surface area contributed by atoms with Gasteiger partial charge in [0, 0.05) is 20.1 Å². The van der Waals surface area contributed by atoms with Crippen molar-refractivity contribution in [3.8, 4) is 0 Å². The lowest BCUT2D eigenvalue weighted by atomic mass is 11.0. The lowest BCUT2D eigenvalue weighted by Crippen LogP contribution is -2.23. The second kappa shape index (κ2) is 1.40. The molecule has 1 aliphatic rings. The van der Waals surface area contributed by atoms with E-state index in [1.165, 1.54) is 0 Å². The van der Waals surface area contributed by atoms with Crippen LogP contribution in [-0.4, -0.2) is 31.1 Å². The second-order valence-corrected chi connectivity index (χ2v) is 1.54. The number of carbonyl (C=O) groups is 1. The van der Waals surface area contributed by atoms with Gasteiger partial charge in [-0.2, -0.15) is 0 Å². The number of hydrogen-bond donors (Lipinski definition) is 1. The molecular weight excluding hydrogens is 92.1 g/mol. The first-order valence-electron chi connectivity index (χ1n) is 2.31. The van der Waals surface area contributed by atoms with E-state index in [9.17, 15) is 4.79 Å².